The molecule has 1 saturated heterocycles. The maximum Gasteiger partial charge on any atom is 0.106 e. The lowest BCUT2D eigenvalue weighted by Crippen LogP contribution is -2.47. The molecule has 18 heavy (non-hydrogen) atoms. The standard InChI is InChI=1S/C15H17ClN2/c1-9-10-3-5-14(9)18-8-11-2-4-12(16)7-13(11)17-15(18)6-10/h2,4,7,9-10,14H,3,5-6,8H2,1H3. The van der Waals surface area contributed by atoms with Gasteiger partial charge in [0.2, 0.25) is 0 Å². The number of benzene rings is 1. The Hall–Kier alpha value is -1.02. The number of hydrogen-bond donors (Lipinski definition) is 0. The van der Waals surface area contributed by atoms with Gasteiger partial charge in [0.25, 0.3) is 0 Å². The summed E-state index contributed by atoms with van der Waals surface area (Å²) in [5, 5.41) is 0.790. The van der Waals surface area contributed by atoms with Crippen LogP contribution in [0.25, 0.3) is 0 Å². The van der Waals surface area contributed by atoms with Gasteiger partial charge in [-0.25, -0.2) is 4.99 Å². The van der Waals surface area contributed by atoms with Crippen LogP contribution in [-0.2, 0) is 6.54 Å². The van der Waals surface area contributed by atoms with Crippen molar-refractivity contribution >= 4 is 23.1 Å². The first-order valence-corrected chi connectivity index (χ1v) is 7.23. The number of fused-ring (bicyclic) bond motifs is 5. The Labute approximate surface area is 113 Å². The number of amidine groups is 1. The van der Waals surface area contributed by atoms with Crippen molar-refractivity contribution in [2.45, 2.75) is 38.8 Å². The van der Waals surface area contributed by atoms with Crippen LogP contribution in [0.5, 0.6) is 0 Å². The van der Waals surface area contributed by atoms with Gasteiger partial charge in [0.05, 0.1) is 5.69 Å². The molecule has 0 spiro atoms. The van der Waals surface area contributed by atoms with Crippen LogP contribution in [0.1, 0.15) is 31.7 Å². The molecule has 1 aromatic rings. The van der Waals surface area contributed by atoms with Crippen molar-refractivity contribution in [2.75, 3.05) is 0 Å². The molecule has 4 rings (SSSR count). The van der Waals surface area contributed by atoms with E-state index in [4.69, 9.17) is 16.6 Å². The van der Waals surface area contributed by atoms with Gasteiger partial charge in [-0.15, -0.1) is 0 Å². The van der Waals surface area contributed by atoms with Crippen molar-refractivity contribution in [3.05, 3.63) is 28.8 Å². The van der Waals surface area contributed by atoms with Crippen molar-refractivity contribution in [3.63, 3.8) is 0 Å². The Morgan fingerprint density at radius 2 is 2.22 bits per heavy atom. The van der Waals surface area contributed by atoms with Crippen LogP contribution in [0.3, 0.4) is 0 Å². The number of piperidine rings is 1. The summed E-state index contributed by atoms with van der Waals surface area (Å²) < 4.78 is 0. The fourth-order valence-corrected chi connectivity index (χ4v) is 4.08. The second-order valence-electron chi connectivity index (χ2n) is 5.90. The van der Waals surface area contributed by atoms with E-state index >= 15 is 0 Å². The molecule has 2 heterocycles. The van der Waals surface area contributed by atoms with E-state index in [0.717, 1.165) is 35.5 Å². The molecule has 3 atom stereocenters. The maximum atomic E-state index is 6.06. The number of halogens is 1. The molecule has 2 fully saturated rings. The molecule has 1 aromatic carbocycles. The van der Waals surface area contributed by atoms with Crippen LogP contribution in [0.4, 0.5) is 5.69 Å². The zero-order valence-electron chi connectivity index (χ0n) is 10.6. The SMILES string of the molecule is CC1C2CCC1N1Cc3ccc(Cl)cc3N=C1C2. The Balaban J connectivity index is 1.78. The highest BCUT2D eigenvalue weighted by Gasteiger charge is 2.44. The number of nitrogens with zero attached hydrogens (tertiary/aromatic N) is 2. The van der Waals surface area contributed by atoms with Crippen LogP contribution in [0.2, 0.25) is 5.02 Å². The Bertz CT molecular complexity index is 537. The van der Waals surface area contributed by atoms with Crippen LogP contribution in [0.15, 0.2) is 23.2 Å². The third-order valence-corrected chi connectivity index (χ3v) is 5.23. The first-order chi connectivity index (χ1) is 8.72. The van der Waals surface area contributed by atoms with Crippen molar-refractivity contribution in [2.24, 2.45) is 16.8 Å². The predicted molar refractivity (Wildman–Crippen MR) is 74.4 cm³/mol. The second-order valence-corrected chi connectivity index (χ2v) is 6.33. The predicted octanol–water partition coefficient (Wildman–Crippen LogP) is 4.00. The summed E-state index contributed by atoms with van der Waals surface area (Å²) in [6.07, 6.45) is 3.87. The summed E-state index contributed by atoms with van der Waals surface area (Å²) in [7, 11) is 0. The van der Waals surface area contributed by atoms with E-state index in [1.807, 2.05) is 12.1 Å². The van der Waals surface area contributed by atoms with Gasteiger partial charge in [-0.05, 0) is 42.4 Å². The molecule has 3 heteroatoms. The summed E-state index contributed by atoms with van der Waals surface area (Å²) >= 11 is 6.06. The minimum atomic E-state index is 0.714. The normalized spacial score (nSPS) is 32.9. The van der Waals surface area contributed by atoms with Gasteiger partial charge in [-0.2, -0.15) is 0 Å². The Morgan fingerprint density at radius 3 is 3.11 bits per heavy atom. The van der Waals surface area contributed by atoms with E-state index in [9.17, 15) is 0 Å². The summed E-state index contributed by atoms with van der Waals surface area (Å²) in [6, 6.07) is 6.82. The number of aliphatic imine (C=N–C) groups is 1. The molecule has 2 bridgehead atoms. The van der Waals surface area contributed by atoms with Gasteiger partial charge in [-0.3, -0.25) is 0 Å². The molecule has 3 unspecified atom stereocenters. The quantitative estimate of drug-likeness (QED) is 0.688. The lowest BCUT2D eigenvalue weighted by molar-refractivity contribution is 0.199. The van der Waals surface area contributed by atoms with Crippen LogP contribution in [0, 0.1) is 11.8 Å². The highest BCUT2D eigenvalue weighted by atomic mass is 35.5. The van der Waals surface area contributed by atoms with Crippen molar-refractivity contribution < 1.29 is 0 Å². The number of hydrogen-bond acceptors (Lipinski definition) is 2. The molecule has 0 aromatic heterocycles. The summed E-state index contributed by atoms with van der Waals surface area (Å²) in [5.41, 5.74) is 2.41. The molecule has 0 amide bonds. The molecular weight excluding hydrogens is 244 g/mol. The molecule has 0 N–H and O–H groups in total. The lowest BCUT2D eigenvalue weighted by atomic mass is 9.86. The second kappa shape index (κ2) is 3.74. The van der Waals surface area contributed by atoms with E-state index in [0.29, 0.717) is 6.04 Å². The van der Waals surface area contributed by atoms with E-state index in [-0.39, 0.29) is 0 Å². The van der Waals surface area contributed by atoms with Gasteiger partial charge in [0.1, 0.15) is 5.84 Å². The first kappa shape index (κ1) is 10.9. The zero-order chi connectivity index (χ0) is 12.3. The third kappa shape index (κ3) is 1.45. The molecule has 3 aliphatic rings. The molecule has 2 aliphatic heterocycles. The maximum absolute atomic E-state index is 6.06. The van der Waals surface area contributed by atoms with Crippen molar-refractivity contribution in [3.8, 4) is 0 Å². The van der Waals surface area contributed by atoms with E-state index in [1.54, 1.807) is 0 Å². The average molecular weight is 261 g/mol. The van der Waals surface area contributed by atoms with E-state index in [2.05, 4.69) is 17.9 Å². The largest absolute Gasteiger partial charge is 0.352 e. The molecule has 1 saturated carbocycles. The van der Waals surface area contributed by atoms with E-state index in [1.165, 1.54) is 24.2 Å². The number of rotatable bonds is 0. The summed E-state index contributed by atoms with van der Waals surface area (Å²) in [6.45, 7) is 3.43. The third-order valence-electron chi connectivity index (χ3n) is 5.00. The van der Waals surface area contributed by atoms with Gasteiger partial charge < -0.3 is 4.90 Å². The Morgan fingerprint density at radius 1 is 1.33 bits per heavy atom. The van der Waals surface area contributed by atoms with Gasteiger partial charge in [0, 0.05) is 24.0 Å². The van der Waals surface area contributed by atoms with E-state index < -0.39 is 0 Å². The Kier molecular flexibility index (Phi) is 2.25. The van der Waals surface area contributed by atoms with Crippen LogP contribution >= 0.6 is 11.6 Å². The summed E-state index contributed by atoms with van der Waals surface area (Å²) in [5.74, 6) is 2.99. The zero-order valence-corrected chi connectivity index (χ0v) is 11.3. The topological polar surface area (TPSA) is 15.6 Å². The van der Waals surface area contributed by atoms with Crippen molar-refractivity contribution in [1.29, 1.82) is 0 Å². The smallest absolute Gasteiger partial charge is 0.106 e. The molecule has 0 radical (unpaired) electrons. The lowest BCUT2D eigenvalue weighted by Gasteiger charge is -2.42. The minimum absolute atomic E-state index is 0.714. The fraction of sp³-hybridized carbons (Fsp3) is 0.533. The first-order valence-electron chi connectivity index (χ1n) is 6.85. The molecule has 94 valence electrons. The highest BCUT2D eigenvalue weighted by molar-refractivity contribution is 6.30. The molecular formula is C15H17ClN2. The minimum Gasteiger partial charge on any atom is -0.352 e. The fourth-order valence-electron chi connectivity index (χ4n) is 3.91. The van der Waals surface area contributed by atoms with Gasteiger partial charge in [0.15, 0.2) is 0 Å². The van der Waals surface area contributed by atoms with Gasteiger partial charge in [-0.1, -0.05) is 24.6 Å². The average Bonchev–Trinajstić information content (AvgIpc) is 2.60. The monoisotopic (exact) mass is 260 g/mol. The molecule has 1 aliphatic carbocycles. The van der Waals surface area contributed by atoms with Crippen molar-refractivity contribution in [1.82, 2.24) is 4.90 Å². The van der Waals surface area contributed by atoms with Crippen LogP contribution < -0.4 is 0 Å². The summed E-state index contributed by atoms with van der Waals surface area (Å²) in [4.78, 5) is 7.41. The molecule has 2 nitrogen and oxygen atoms in total. The van der Waals surface area contributed by atoms with Crippen LogP contribution in [-0.4, -0.2) is 16.8 Å². The van der Waals surface area contributed by atoms with Gasteiger partial charge >= 0.3 is 0 Å². The highest BCUT2D eigenvalue weighted by Crippen LogP contribution is 2.45.